The zero-order valence-corrected chi connectivity index (χ0v) is 15.8. The van der Waals surface area contributed by atoms with Crippen LogP contribution in [0.2, 0.25) is 18.1 Å². The Morgan fingerprint density at radius 3 is 2.18 bits per heavy atom. The van der Waals surface area contributed by atoms with E-state index in [-0.39, 0.29) is 16.7 Å². The minimum Gasteiger partial charge on any atom is -0.416 e. The normalized spacial score (nSPS) is 26.9. The van der Waals surface area contributed by atoms with Gasteiger partial charge in [0.1, 0.15) is 0 Å². The summed E-state index contributed by atoms with van der Waals surface area (Å²) >= 11 is 0. The third-order valence-electron chi connectivity index (χ3n) is 4.83. The van der Waals surface area contributed by atoms with Gasteiger partial charge in [-0.2, -0.15) is 0 Å². The van der Waals surface area contributed by atoms with Crippen molar-refractivity contribution >= 4 is 8.32 Å². The highest BCUT2D eigenvalue weighted by molar-refractivity contribution is 6.74. The molecule has 0 aromatic heterocycles. The topological polar surface area (TPSA) is 27.7 Å². The number of hydrogen-bond acceptors (Lipinski definition) is 3. The van der Waals surface area contributed by atoms with Gasteiger partial charge in [0, 0.05) is 17.6 Å². The first-order valence-corrected chi connectivity index (χ1v) is 11.0. The van der Waals surface area contributed by atoms with Crippen molar-refractivity contribution in [3.8, 4) is 0 Å². The lowest BCUT2D eigenvalue weighted by molar-refractivity contribution is -0.235. The molecule has 0 unspecified atom stereocenters. The van der Waals surface area contributed by atoms with Crippen LogP contribution in [0.25, 0.3) is 0 Å². The summed E-state index contributed by atoms with van der Waals surface area (Å²) in [5.41, 5.74) is 1.01. The molecule has 1 aromatic carbocycles. The second-order valence-electron chi connectivity index (χ2n) is 8.22. The Bertz CT molecular complexity index is 471. The average Bonchev–Trinajstić information content (AvgIpc) is 2.46. The molecule has 0 atom stereocenters. The van der Waals surface area contributed by atoms with Crippen molar-refractivity contribution < 1.29 is 13.9 Å². The molecule has 0 spiro atoms. The Morgan fingerprint density at radius 1 is 1.14 bits per heavy atom. The lowest BCUT2D eigenvalue weighted by Gasteiger charge is -2.42. The van der Waals surface area contributed by atoms with Gasteiger partial charge in [-0.05, 0) is 18.1 Å². The quantitative estimate of drug-likeness (QED) is 0.748. The first-order valence-electron chi connectivity index (χ1n) is 8.05. The molecule has 0 aliphatic carbocycles. The van der Waals surface area contributed by atoms with E-state index >= 15 is 0 Å². The van der Waals surface area contributed by atoms with Crippen molar-refractivity contribution in [2.45, 2.75) is 52.1 Å². The van der Waals surface area contributed by atoms with Gasteiger partial charge < -0.3 is 13.9 Å². The van der Waals surface area contributed by atoms with E-state index in [1.165, 1.54) is 0 Å². The maximum atomic E-state index is 6.36. The zero-order chi connectivity index (χ0) is 16.4. The molecule has 0 amide bonds. The van der Waals surface area contributed by atoms with Crippen molar-refractivity contribution in [1.82, 2.24) is 0 Å². The number of rotatable bonds is 4. The monoisotopic (exact) mass is 322 g/mol. The molecule has 1 fully saturated rings. The third-order valence-corrected chi connectivity index (χ3v) is 9.30. The molecule has 124 valence electrons. The molecule has 1 heterocycles. The molecule has 0 saturated carbocycles. The molecule has 4 heteroatoms. The van der Waals surface area contributed by atoms with Crippen LogP contribution in [-0.2, 0) is 13.9 Å². The summed E-state index contributed by atoms with van der Waals surface area (Å²) < 4.78 is 18.2. The van der Waals surface area contributed by atoms with Crippen LogP contribution in [0.5, 0.6) is 0 Å². The van der Waals surface area contributed by atoms with Gasteiger partial charge in [0.2, 0.25) is 0 Å². The highest BCUT2D eigenvalue weighted by Crippen LogP contribution is 2.39. The van der Waals surface area contributed by atoms with Gasteiger partial charge >= 0.3 is 0 Å². The summed E-state index contributed by atoms with van der Waals surface area (Å²) in [6, 6.07) is 10.1. The van der Waals surface area contributed by atoms with Gasteiger partial charge in [0.05, 0.1) is 13.2 Å². The van der Waals surface area contributed by atoms with Gasteiger partial charge in [0.25, 0.3) is 0 Å². The summed E-state index contributed by atoms with van der Waals surface area (Å²) in [5.74, 6) is 0. The van der Waals surface area contributed by atoms with Gasteiger partial charge in [0.15, 0.2) is 14.6 Å². The lowest BCUT2D eigenvalue weighted by Crippen LogP contribution is -2.47. The standard InChI is InChI=1S/C18H30O3Si/c1-17(2,3)22(5,6)21-14-18(4)12-19-16(20-13-18)15-10-8-7-9-11-15/h7-11,16H,12-14H2,1-6H3. The van der Waals surface area contributed by atoms with Crippen LogP contribution in [-0.4, -0.2) is 28.1 Å². The van der Waals surface area contributed by atoms with Crippen molar-refractivity contribution in [2.75, 3.05) is 19.8 Å². The second kappa shape index (κ2) is 6.44. The van der Waals surface area contributed by atoms with Gasteiger partial charge in [-0.15, -0.1) is 0 Å². The fourth-order valence-electron chi connectivity index (χ4n) is 2.10. The van der Waals surface area contributed by atoms with Gasteiger partial charge in [-0.25, -0.2) is 0 Å². The van der Waals surface area contributed by atoms with Crippen LogP contribution in [0.3, 0.4) is 0 Å². The highest BCUT2D eigenvalue weighted by Gasteiger charge is 2.41. The summed E-state index contributed by atoms with van der Waals surface area (Å²) in [6.45, 7) is 15.6. The highest BCUT2D eigenvalue weighted by atomic mass is 28.4. The minimum atomic E-state index is -1.73. The van der Waals surface area contributed by atoms with Crippen LogP contribution < -0.4 is 0 Å². The van der Waals surface area contributed by atoms with Gasteiger partial charge in [-0.3, -0.25) is 0 Å². The van der Waals surface area contributed by atoms with Crippen LogP contribution in [0.4, 0.5) is 0 Å². The van der Waals surface area contributed by atoms with Crippen LogP contribution in [0.15, 0.2) is 30.3 Å². The van der Waals surface area contributed by atoms with E-state index in [4.69, 9.17) is 13.9 Å². The van der Waals surface area contributed by atoms with Crippen molar-refractivity contribution in [3.05, 3.63) is 35.9 Å². The molecule has 3 nitrogen and oxygen atoms in total. The first-order chi connectivity index (χ1) is 10.1. The van der Waals surface area contributed by atoms with Crippen molar-refractivity contribution in [3.63, 3.8) is 0 Å². The first kappa shape index (κ1) is 17.7. The SMILES string of the molecule is CC1(CO[Si](C)(C)C(C)(C)C)COC(c2ccccc2)OC1. The molecule has 0 radical (unpaired) electrons. The fraction of sp³-hybridized carbons (Fsp3) is 0.667. The summed E-state index contributed by atoms with van der Waals surface area (Å²) in [4.78, 5) is 0. The Balaban J connectivity index is 1.90. The Hall–Kier alpha value is -0.683. The summed E-state index contributed by atoms with van der Waals surface area (Å²) in [6.07, 6.45) is -0.248. The predicted octanol–water partition coefficient (Wildman–Crippen LogP) is 4.76. The van der Waals surface area contributed by atoms with E-state index in [9.17, 15) is 0 Å². The third kappa shape index (κ3) is 4.19. The molecule has 1 aliphatic rings. The zero-order valence-electron chi connectivity index (χ0n) is 14.8. The maximum Gasteiger partial charge on any atom is 0.192 e. The predicted molar refractivity (Wildman–Crippen MR) is 92.3 cm³/mol. The van der Waals surface area contributed by atoms with E-state index in [0.717, 1.165) is 5.56 Å². The molecule has 1 aliphatic heterocycles. The average molecular weight is 323 g/mol. The second-order valence-corrected chi connectivity index (χ2v) is 13.0. The minimum absolute atomic E-state index is 0.0687. The van der Waals surface area contributed by atoms with E-state index < -0.39 is 8.32 Å². The summed E-state index contributed by atoms with van der Waals surface area (Å²) in [5, 5.41) is 0.228. The lowest BCUT2D eigenvalue weighted by atomic mass is 9.93. The number of hydrogen-bond donors (Lipinski definition) is 0. The van der Waals surface area contributed by atoms with E-state index in [1.807, 2.05) is 30.3 Å². The summed E-state index contributed by atoms with van der Waals surface area (Å²) in [7, 11) is -1.73. The van der Waals surface area contributed by atoms with E-state index in [1.54, 1.807) is 0 Å². The largest absolute Gasteiger partial charge is 0.416 e. The Kier molecular flexibility index (Phi) is 5.17. The fourth-order valence-corrected chi connectivity index (χ4v) is 3.24. The molecule has 1 saturated heterocycles. The Labute approximate surface area is 136 Å². The molecule has 22 heavy (non-hydrogen) atoms. The maximum absolute atomic E-state index is 6.36. The molecule has 0 bridgehead atoms. The van der Waals surface area contributed by atoms with Crippen molar-refractivity contribution in [2.24, 2.45) is 5.41 Å². The van der Waals surface area contributed by atoms with Crippen LogP contribution in [0.1, 0.15) is 39.5 Å². The van der Waals surface area contributed by atoms with Crippen LogP contribution >= 0.6 is 0 Å². The Morgan fingerprint density at radius 2 is 1.68 bits per heavy atom. The smallest absolute Gasteiger partial charge is 0.192 e. The number of ether oxygens (including phenoxy) is 2. The molecule has 2 rings (SSSR count). The van der Waals surface area contributed by atoms with Crippen molar-refractivity contribution in [1.29, 1.82) is 0 Å². The van der Waals surface area contributed by atoms with E-state index in [0.29, 0.717) is 19.8 Å². The van der Waals surface area contributed by atoms with Crippen LogP contribution in [0, 0.1) is 5.41 Å². The van der Waals surface area contributed by atoms with Gasteiger partial charge in [-0.1, -0.05) is 58.0 Å². The van der Waals surface area contributed by atoms with E-state index in [2.05, 4.69) is 40.8 Å². The molecular weight excluding hydrogens is 292 g/mol. The molecular formula is C18H30O3Si. The number of benzene rings is 1. The molecule has 0 N–H and O–H groups in total. The molecule has 1 aromatic rings.